The SMILES string of the molecule is C=C(O)C[C@H](NC(=O)[C@H](CC)n1cnc2ccc(Cl)cc2c1=O)C(=O)COc1c(F)c(F)cc(F)c1F.C=C(O)C[C@H](NC(=O)[C@H](CC)n1cnc2ccccc2c1=O)C(=O)COc1c(F)c(F)cc(F)c1F.C=C(O)C[C@H](NC(=O)[C@H](CC)n1cnc2ccccc2c1=O)C(=O)COc1c(F)cc(F)cc1F.C=C(O)C[C@H](NC(=O)[C@H](CC)n1cnc2ccccc2c1=O)C(=O)COc1c(F)ccc(F)c1F. The number of hydrogen-bond acceptors (Lipinski definition) is 24. The molecule has 0 aliphatic heterocycles. The number of fused-ring (bicyclic) bond motifs is 4. The summed E-state index contributed by atoms with van der Waals surface area (Å²) in [7, 11) is 0. The maximum Gasteiger partial charge on any atom is 0.261 e. The number of amides is 4. The number of nitrogens with one attached hydrogen (secondary N) is 4. The van der Waals surface area contributed by atoms with Gasteiger partial charge in [0.25, 0.3) is 22.2 Å². The molecule has 12 rings (SSSR count). The molecule has 0 bridgehead atoms. The van der Waals surface area contributed by atoms with Crippen molar-refractivity contribution in [1.29, 1.82) is 0 Å². The van der Waals surface area contributed by atoms with E-state index in [9.17, 15) is 139 Å². The molecule has 0 spiro atoms. The molecular weight excluding hydrogens is 1940 g/mol. The van der Waals surface area contributed by atoms with Crippen molar-refractivity contribution in [1.82, 2.24) is 59.5 Å². The van der Waals surface area contributed by atoms with E-state index in [1.165, 1.54) is 31.1 Å². The summed E-state index contributed by atoms with van der Waals surface area (Å²) in [4.78, 5) is 171. The van der Waals surface area contributed by atoms with Gasteiger partial charge < -0.3 is 60.6 Å². The minimum atomic E-state index is -1.85. The number of aliphatic hydroxyl groups is 4. The van der Waals surface area contributed by atoms with Crippen LogP contribution in [-0.4, -0.2) is 156 Å². The Morgan fingerprint density at radius 3 is 0.860 bits per heavy atom. The van der Waals surface area contributed by atoms with Crippen LogP contribution in [0.4, 0.5) is 61.5 Å². The second kappa shape index (κ2) is 49.9. The van der Waals surface area contributed by atoms with Gasteiger partial charge in [0, 0.05) is 55.0 Å². The summed E-state index contributed by atoms with van der Waals surface area (Å²) >= 11 is 5.96. The van der Waals surface area contributed by atoms with Gasteiger partial charge in [0.05, 0.1) is 116 Å². The normalized spacial score (nSPS) is 12.7. The lowest BCUT2D eigenvalue weighted by molar-refractivity contribution is -0.131. The molecule has 8 atom stereocenters. The maximum absolute atomic E-state index is 13.8. The van der Waals surface area contributed by atoms with E-state index in [2.05, 4.69) is 77.0 Å². The summed E-state index contributed by atoms with van der Waals surface area (Å²) in [5, 5.41) is 49.2. The molecule has 754 valence electrons. The number of Topliss-reactive ketones (excluding diaryl/α,β-unsaturated/α-hetero) is 4. The summed E-state index contributed by atoms with van der Waals surface area (Å²) in [6.45, 7) is 15.5. The standard InChI is InChI=1S/C24H20ClF4N3O5.C24H21F4N3O5.2C24H22F3N3O5/c1-3-18(32-10-30-16-5-4-12(25)7-13(16)24(32)36)23(35)31-17(6-11(2)33)19(34)9-37-22-20(28)14(26)8-15(27)21(22)29;1-3-18(31-11-29-16-7-5-4-6-13(16)24(31)35)23(34)30-17(8-12(2)32)19(33)10-36-22-20(27)14(25)9-15(26)21(22)28;1-3-20(30-12-28-18-7-5-4-6-15(18)24(30)34)23(33)29-19(8-13(2)31)21(32)11-35-22-16(26)9-14(25)10-17(22)27;1-3-19(30-12-28-17-7-5-4-6-14(17)24(30)34)23(33)29-18(10-13(2)31)20(32)11-35-22-16(26)9-8-15(25)21(22)27/h4-5,7-8,10,17-18,33H,2-3,6,9H2,1H3,(H,31,35);4-7,9,11,17-18,32H,2-3,8,10H2,1H3,(H,30,34);4-7,9-10,12,19-20,31H,2-3,8,11H2,1H3,(H,29,33);4-9,12,18-19,31H,2-3,10-11H2,1H3,(H,29,33)/t2*17-,18-;19-,20-;18-,19-/m0000/s1. The number of ketones is 4. The lowest BCUT2D eigenvalue weighted by atomic mass is 10.1. The Labute approximate surface area is 803 Å². The Morgan fingerprint density at radius 2 is 0.573 bits per heavy atom. The average Bonchev–Trinajstić information content (AvgIpc) is 0.792. The highest BCUT2D eigenvalue weighted by atomic mass is 35.5. The molecular formula is C96H85ClF14N12O20. The highest BCUT2D eigenvalue weighted by Gasteiger charge is 2.36. The molecule has 0 saturated heterocycles. The number of halogens is 15. The Balaban J connectivity index is 0.000000213. The Hall–Kier alpha value is -16.5. The van der Waals surface area contributed by atoms with Gasteiger partial charge in [-0.15, -0.1) is 0 Å². The number of hydrogen-bond donors (Lipinski definition) is 8. The van der Waals surface area contributed by atoms with E-state index < -0.39 is 297 Å². The predicted molar refractivity (Wildman–Crippen MR) is 487 cm³/mol. The second-order valence-corrected chi connectivity index (χ2v) is 31.5. The molecule has 0 radical (unpaired) electrons. The zero-order valence-corrected chi connectivity index (χ0v) is 76.2. The van der Waals surface area contributed by atoms with Crippen molar-refractivity contribution < 1.29 is 139 Å². The molecule has 12 aromatic rings. The highest BCUT2D eigenvalue weighted by Crippen LogP contribution is 2.32. The van der Waals surface area contributed by atoms with Crippen LogP contribution in [0.1, 0.15) is 103 Å². The average molecular weight is 2030 g/mol. The largest absolute Gasteiger partial charge is 0.513 e. The van der Waals surface area contributed by atoms with Gasteiger partial charge in [0.2, 0.25) is 52.7 Å². The minimum absolute atomic E-state index is 0.0212. The number of carbonyl (C=O) groups is 8. The number of rotatable bonds is 40. The zero-order chi connectivity index (χ0) is 105. The Morgan fingerprint density at radius 1 is 0.322 bits per heavy atom. The molecule has 0 aliphatic rings. The molecule has 4 aromatic heterocycles. The molecule has 143 heavy (non-hydrogen) atoms. The van der Waals surface area contributed by atoms with Crippen LogP contribution in [0.5, 0.6) is 23.0 Å². The fourth-order valence-electron chi connectivity index (χ4n) is 13.9. The van der Waals surface area contributed by atoms with Crippen LogP contribution in [0.3, 0.4) is 0 Å². The van der Waals surface area contributed by atoms with E-state index in [0.29, 0.717) is 57.1 Å². The van der Waals surface area contributed by atoms with E-state index in [0.717, 1.165) is 24.6 Å². The first-order valence-electron chi connectivity index (χ1n) is 42.5. The summed E-state index contributed by atoms with van der Waals surface area (Å²) in [6, 6.07) is 15.9. The number of nitrogens with zero attached hydrogens (tertiary/aromatic N) is 8. The van der Waals surface area contributed by atoms with Crippen molar-refractivity contribution in [2.75, 3.05) is 26.4 Å². The van der Waals surface area contributed by atoms with Gasteiger partial charge in [-0.05, 0) is 92.4 Å². The van der Waals surface area contributed by atoms with Crippen LogP contribution in [0.25, 0.3) is 43.6 Å². The monoisotopic (exact) mass is 2030 g/mol. The molecule has 0 aliphatic carbocycles. The third-order valence-corrected chi connectivity index (χ3v) is 21.3. The van der Waals surface area contributed by atoms with E-state index in [4.69, 9.17) is 21.1 Å². The van der Waals surface area contributed by atoms with Crippen LogP contribution < -0.4 is 62.5 Å². The van der Waals surface area contributed by atoms with Crippen molar-refractivity contribution >= 4 is 102 Å². The third kappa shape index (κ3) is 27.8. The van der Waals surface area contributed by atoms with Crippen LogP contribution in [0.2, 0.25) is 5.02 Å². The molecule has 47 heteroatoms. The summed E-state index contributed by atoms with van der Waals surface area (Å²) in [5.41, 5.74) is -0.343. The van der Waals surface area contributed by atoms with Gasteiger partial charge in [0.1, 0.15) is 56.4 Å². The molecule has 4 amide bonds. The van der Waals surface area contributed by atoms with Crippen LogP contribution in [-0.2, 0) is 38.4 Å². The third-order valence-electron chi connectivity index (χ3n) is 21.0. The maximum atomic E-state index is 13.8. The van der Waals surface area contributed by atoms with Crippen LogP contribution in [0.15, 0.2) is 221 Å². The number of ether oxygens (including phenoxy) is 4. The molecule has 32 nitrogen and oxygen atoms in total. The summed E-state index contributed by atoms with van der Waals surface area (Å²) in [5.74, 6) is -36.2. The van der Waals surface area contributed by atoms with Crippen LogP contribution in [0, 0.1) is 81.4 Å². The van der Waals surface area contributed by atoms with Gasteiger partial charge in [-0.1, -0.05) is 102 Å². The molecule has 8 aromatic carbocycles. The van der Waals surface area contributed by atoms with E-state index in [-0.39, 0.29) is 53.6 Å². The smallest absolute Gasteiger partial charge is 0.261 e. The fourth-order valence-corrected chi connectivity index (χ4v) is 14.1. The van der Waals surface area contributed by atoms with Crippen molar-refractivity contribution in [3.63, 3.8) is 0 Å². The zero-order valence-electron chi connectivity index (χ0n) is 75.4. The van der Waals surface area contributed by atoms with E-state index >= 15 is 0 Å². The fraction of sp³-hybridized carbons (Fsp3) is 0.250. The molecule has 0 unspecified atom stereocenters. The predicted octanol–water partition coefficient (Wildman–Crippen LogP) is 14.4. The van der Waals surface area contributed by atoms with Gasteiger partial charge in [-0.2, -0.15) is 22.0 Å². The second-order valence-electron chi connectivity index (χ2n) is 31.0. The first-order valence-corrected chi connectivity index (χ1v) is 42.9. The van der Waals surface area contributed by atoms with E-state index in [1.807, 2.05) is 0 Å². The van der Waals surface area contributed by atoms with Gasteiger partial charge in [-0.25, -0.2) is 59.4 Å². The van der Waals surface area contributed by atoms with Crippen molar-refractivity contribution in [3.05, 3.63) is 330 Å². The molecule has 0 saturated carbocycles. The first-order chi connectivity index (χ1) is 67.7. The number of para-hydroxylation sites is 3. The van der Waals surface area contributed by atoms with Gasteiger partial charge >= 0.3 is 0 Å². The number of carbonyl (C=O) groups excluding carboxylic acids is 8. The number of aliphatic hydroxyl groups excluding tert-OH is 4. The van der Waals surface area contributed by atoms with E-state index in [1.54, 1.807) is 107 Å². The lowest BCUT2D eigenvalue weighted by Crippen LogP contribution is -2.47. The van der Waals surface area contributed by atoms with Gasteiger partial charge in [-0.3, -0.25) is 75.8 Å². The quantitative estimate of drug-likeness (QED) is 0.0100. The van der Waals surface area contributed by atoms with Crippen molar-refractivity contribution in [2.45, 2.75) is 127 Å². The Bertz CT molecular complexity index is 7120. The Kier molecular flexibility index (Phi) is 38.5. The lowest BCUT2D eigenvalue weighted by Gasteiger charge is -2.22. The van der Waals surface area contributed by atoms with Crippen molar-refractivity contribution in [3.8, 4) is 23.0 Å². The number of benzene rings is 8. The molecule has 0 fully saturated rings. The number of aromatic nitrogens is 8. The van der Waals surface area contributed by atoms with Gasteiger partial charge in [0.15, 0.2) is 92.7 Å². The summed E-state index contributed by atoms with van der Waals surface area (Å²) in [6.07, 6.45) is 3.44. The molecule has 8 N–H and O–H groups in total. The highest BCUT2D eigenvalue weighted by molar-refractivity contribution is 6.31. The van der Waals surface area contributed by atoms with Crippen molar-refractivity contribution in [2.24, 2.45) is 0 Å². The molecule has 4 heterocycles. The minimum Gasteiger partial charge on any atom is -0.513 e. The topological polar surface area (TPSA) is 442 Å². The first kappa shape index (κ1) is 110. The van der Waals surface area contributed by atoms with Crippen LogP contribution >= 0.6 is 11.6 Å². The summed E-state index contributed by atoms with van der Waals surface area (Å²) < 4.78 is 214.